The van der Waals surface area contributed by atoms with Crippen molar-refractivity contribution in [3.8, 4) is 0 Å². The van der Waals surface area contributed by atoms with Gasteiger partial charge in [-0.05, 0) is 6.04 Å². The molecule has 1 atom stereocenters. The van der Waals surface area contributed by atoms with E-state index in [2.05, 4.69) is 19.6 Å². The number of rotatable bonds is 5. The lowest BCUT2D eigenvalue weighted by Gasteiger charge is -2.15. The second-order valence-electron chi connectivity index (χ2n) is 4.18. The molecule has 0 bridgehead atoms. The highest BCUT2D eigenvalue weighted by atomic mass is 28.3. The Morgan fingerprint density at radius 2 is 2.00 bits per heavy atom. The molecule has 0 aromatic carbocycles. The molecule has 1 unspecified atom stereocenters. The summed E-state index contributed by atoms with van der Waals surface area (Å²) >= 11 is 0. The summed E-state index contributed by atoms with van der Waals surface area (Å²) in [5.41, 5.74) is 0. The molecule has 0 saturated heterocycles. The lowest BCUT2D eigenvalue weighted by Crippen LogP contribution is -2.29. The molecule has 0 amide bonds. The van der Waals surface area contributed by atoms with Gasteiger partial charge in [-0.25, -0.2) is 4.79 Å². The van der Waals surface area contributed by atoms with Crippen molar-refractivity contribution in [2.24, 2.45) is 0 Å². The fourth-order valence-electron chi connectivity index (χ4n) is 0.629. The lowest BCUT2D eigenvalue weighted by atomic mass is 10.4. The molecule has 0 rings (SSSR count). The Morgan fingerprint density at radius 1 is 1.46 bits per heavy atom. The van der Waals surface area contributed by atoms with Crippen LogP contribution >= 0.6 is 0 Å². The van der Waals surface area contributed by atoms with Crippen LogP contribution in [0, 0.1) is 0 Å². The quantitative estimate of drug-likeness (QED) is 0.499. The lowest BCUT2D eigenvalue weighted by molar-refractivity contribution is -0.154. The van der Waals surface area contributed by atoms with E-state index in [-0.39, 0.29) is 0 Å². The fraction of sp³-hybridized carbons (Fsp3) is 0.875. The van der Waals surface area contributed by atoms with Gasteiger partial charge in [-0.3, -0.25) is 0 Å². The average Bonchev–Trinajstić information content (AvgIpc) is 2.00. The molecule has 0 aliphatic rings. The standard InChI is InChI=1S/C8H18O4Si/c1-13(2,3)5-4-12-8(11)7(10)6-9/h7,9-10H,4-6H2,1-3H3. The predicted molar refractivity (Wildman–Crippen MR) is 52.2 cm³/mol. The Labute approximate surface area is 79.5 Å². The van der Waals surface area contributed by atoms with E-state index in [0.29, 0.717) is 6.61 Å². The number of hydrogen-bond acceptors (Lipinski definition) is 4. The third kappa shape index (κ3) is 6.74. The molecule has 2 N–H and O–H groups in total. The van der Waals surface area contributed by atoms with Crippen molar-refractivity contribution in [1.29, 1.82) is 0 Å². The zero-order valence-corrected chi connectivity index (χ0v) is 9.41. The van der Waals surface area contributed by atoms with E-state index in [9.17, 15) is 4.79 Å². The summed E-state index contributed by atoms with van der Waals surface area (Å²) in [4.78, 5) is 10.8. The Bertz CT molecular complexity index is 164. The van der Waals surface area contributed by atoms with Crippen LogP contribution in [0.4, 0.5) is 0 Å². The molecule has 4 nitrogen and oxygen atoms in total. The van der Waals surface area contributed by atoms with Crippen LogP contribution in [0.1, 0.15) is 0 Å². The van der Waals surface area contributed by atoms with Crippen molar-refractivity contribution in [3.05, 3.63) is 0 Å². The first-order valence-electron chi connectivity index (χ1n) is 4.32. The molecule has 5 heteroatoms. The summed E-state index contributed by atoms with van der Waals surface area (Å²) in [5, 5.41) is 17.3. The van der Waals surface area contributed by atoms with Crippen molar-refractivity contribution in [1.82, 2.24) is 0 Å². The maximum absolute atomic E-state index is 10.8. The van der Waals surface area contributed by atoms with Crippen LogP contribution in [0.15, 0.2) is 0 Å². The normalized spacial score (nSPS) is 13.9. The second-order valence-corrected chi connectivity index (χ2v) is 9.80. The first-order chi connectivity index (χ1) is 5.87. The highest BCUT2D eigenvalue weighted by molar-refractivity contribution is 6.76. The van der Waals surface area contributed by atoms with Crippen molar-refractivity contribution in [3.63, 3.8) is 0 Å². The number of ether oxygens (including phenoxy) is 1. The van der Waals surface area contributed by atoms with E-state index in [4.69, 9.17) is 14.9 Å². The summed E-state index contributed by atoms with van der Waals surface area (Å²) < 4.78 is 4.76. The van der Waals surface area contributed by atoms with Gasteiger partial charge in [-0.2, -0.15) is 0 Å². The third-order valence-electron chi connectivity index (χ3n) is 1.54. The highest BCUT2D eigenvalue weighted by Gasteiger charge is 2.17. The zero-order valence-electron chi connectivity index (χ0n) is 8.41. The molecule has 78 valence electrons. The molecule has 0 aromatic rings. The molecule has 0 spiro atoms. The molecule has 13 heavy (non-hydrogen) atoms. The Morgan fingerprint density at radius 3 is 2.38 bits per heavy atom. The van der Waals surface area contributed by atoms with Crippen LogP contribution in [0.3, 0.4) is 0 Å². The van der Waals surface area contributed by atoms with Crippen molar-refractivity contribution < 1.29 is 19.7 Å². The van der Waals surface area contributed by atoms with Gasteiger partial charge in [0, 0.05) is 8.07 Å². The zero-order chi connectivity index (χ0) is 10.5. The van der Waals surface area contributed by atoms with Gasteiger partial charge in [-0.1, -0.05) is 19.6 Å². The fourth-order valence-corrected chi connectivity index (χ4v) is 1.34. The number of aliphatic hydroxyl groups is 2. The largest absolute Gasteiger partial charge is 0.464 e. The molecule has 0 fully saturated rings. The topological polar surface area (TPSA) is 66.8 Å². The summed E-state index contributed by atoms with van der Waals surface area (Å²) in [7, 11) is -1.19. The Hall–Kier alpha value is -0.393. The second kappa shape index (κ2) is 5.36. The SMILES string of the molecule is C[Si](C)(C)CCOC(=O)C(O)CO. The number of carbonyl (C=O) groups excluding carboxylic acids is 1. The van der Waals surface area contributed by atoms with Crippen LogP contribution in [-0.4, -0.2) is 43.6 Å². The van der Waals surface area contributed by atoms with E-state index in [1.54, 1.807) is 0 Å². The molecule has 0 aliphatic heterocycles. The van der Waals surface area contributed by atoms with E-state index in [1.807, 2.05) is 0 Å². The molecule has 0 saturated carbocycles. The minimum atomic E-state index is -1.39. The molecule has 0 aromatic heterocycles. The minimum Gasteiger partial charge on any atom is -0.464 e. The third-order valence-corrected chi connectivity index (χ3v) is 3.25. The van der Waals surface area contributed by atoms with Gasteiger partial charge < -0.3 is 14.9 Å². The molecular formula is C8H18O4Si. The summed E-state index contributed by atoms with van der Waals surface area (Å²) in [6.45, 7) is 6.27. The highest BCUT2D eigenvalue weighted by Crippen LogP contribution is 2.07. The number of hydrogen-bond donors (Lipinski definition) is 2. The number of carbonyl (C=O) groups is 1. The maximum atomic E-state index is 10.8. The van der Waals surface area contributed by atoms with Crippen LogP contribution in [-0.2, 0) is 9.53 Å². The monoisotopic (exact) mass is 206 g/mol. The Balaban J connectivity index is 3.60. The van der Waals surface area contributed by atoms with E-state index < -0.39 is 26.8 Å². The first-order valence-corrected chi connectivity index (χ1v) is 8.03. The molecule has 0 heterocycles. The summed E-state index contributed by atoms with van der Waals surface area (Å²) in [5.74, 6) is -0.735. The van der Waals surface area contributed by atoms with Crippen LogP contribution < -0.4 is 0 Å². The van der Waals surface area contributed by atoms with Gasteiger partial charge in [0.15, 0.2) is 6.10 Å². The van der Waals surface area contributed by atoms with Crippen LogP contribution in [0.2, 0.25) is 25.7 Å². The van der Waals surface area contributed by atoms with Gasteiger partial charge in [-0.15, -0.1) is 0 Å². The van der Waals surface area contributed by atoms with Gasteiger partial charge in [0.2, 0.25) is 0 Å². The molecule has 0 radical (unpaired) electrons. The van der Waals surface area contributed by atoms with Crippen LogP contribution in [0.5, 0.6) is 0 Å². The summed E-state index contributed by atoms with van der Waals surface area (Å²) in [6.07, 6.45) is -1.39. The van der Waals surface area contributed by atoms with Gasteiger partial charge >= 0.3 is 5.97 Å². The molecule has 0 aliphatic carbocycles. The predicted octanol–water partition coefficient (Wildman–Crippen LogP) is 0.221. The van der Waals surface area contributed by atoms with Gasteiger partial charge in [0.05, 0.1) is 13.2 Å². The van der Waals surface area contributed by atoms with Crippen LogP contribution in [0.25, 0.3) is 0 Å². The summed E-state index contributed by atoms with van der Waals surface area (Å²) in [6, 6.07) is 0.872. The Kier molecular flexibility index (Phi) is 5.20. The van der Waals surface area contributed by atoms with E-state index >= 15 is 0 Å². The smallest absolute Gasteiger partial charge is 0.337 e. The minimum absolute atomic E-state index is 0.339. The first kappa shape index (κ1) is 12.6. The average molecular weight is 206 g/mol. The number of esters is 1. The van der Waals surface area contributed by atoms with Gasteiger partial charge in [0.1, 0.15) is 0 Å². The molecular weight excluding hydrogens is 188 g/mol. The van der Waals surface area contributed by atoms with Gasteiger partial charge in [0.25, 0.3) is 0 Å². The van der Waals surface area contributed by atoms with Crippen molar-refractivity contribution in [2.75, 3.05) is 13.2 Å². The van der Waals surface area contributed by atoms with Crippen molar-refractivity contribution in [2.45, 2.75) is 31.8 Å². The van der Waals surface area contributed by atoms with Crippen molar-refractivity contribution >= 4 is 14.0 Å². The van der Waals surface area contributed by atoms with E-state index in [1.165, 1.54) is 0 Å². The maximum Gasteiger partial charge on any atom is 0.337 e. The van der Waals surface area contributed by atoms with E-state index in [0.717, 1.165) is 6.04 Å². The number of aliphatic hydroxyl groups excluding tert-OH is 2.